The lowest BCUT2D eigenvalue weighted by atomic mass is 9.94. The molecule has 0 radical (unpaired) electrons. The molecule has 3 atom stereocenters. The molecule has 0 spiro atoms. The maximum absolute atomic E-state index is 6.02. The largest absolute Gasteiger partial charge is 0.496 e. The fourth-order valence-electron chi connectivity index (χ4n) is 2.95. The predicted molar refractivity (Wildman–Crippen MR) is 77.8 cm³/mol. The summed E-state index contributed by atoms with van der Waals surface area (Å²) in [6.07, 6.45) is 2.83. The second kappa shape index (κ2) is 5.93. The summed E-state index contributed by atoms with van der Waals surface area (Å²) < 4.78 is 11.7. The maximum atomic E-state index is 6.02. The summed E-state index contributed by atoms with van der Waals surface area (Å²) in [7, 11) is 3.74. The van der Waals surface area contributed by atoms with Gasteiger partial charge in [-0.1, -0.05) is 12.1 Å². The molecule has 1 aromatic rings. The van der Waals surface area contributed by atoms with E-state index in [-0.39, 0.29) is 12.1 Å². The molecule has 1 aromatic carbocycles. The van der Waals surface area contributed by atoms with E-state index < -0.39 is 0 Å². The van der Waals surface area contributed by atoms with Crippen molar-refractivity contribution >= 4 is 0 Å². The number of methoxy groups -OCH3 is 1. The summed E-state index contributed by atoms with van der Waals surface area (Å²) >= 11 is 0. The van der Waals surface area contributed by atoms with Gasteiger partial charge in [0.15, 0.2) is 0 Å². The van der Waals surface area contributed by atoms with Crippen LogP contribution in [0.5, 0.6) is 5.75 Å². The topological polar surface area (TPSA) is 30.5 Å². The molecular weight excluding hydrogens is 238 g/mol. The Morgan fingerprint density at radius 1 is 1.32 bits per heavy atom. The molecule has 3 nitrogen and oxygen atoms in total. The fourth-order valence-corrected chi connectivity index (χ4v) is 2.95. The van der Waals surface area contributed by atoms with Gasteiger partial charge in [0.25, 0.3) is 0 Å². The van der Waals surface area contributed by atoms with Crippen LogP contribution in [0.3, 0.4) is 0 Å². The third-order valence-electron chi connectivity index (χ3n) is 4.19. The first-order valence-electron chi connectivity index (χ1n) is 7.05. The first-order chi connectivity index (χ1) is 9.08. The number of rotatable bonds is 4. The summed E-state index contributed by atoms with van der Waals surface area (Å²) in [5, 5.41) is 3.40. The van der Waals surface area contributed by atoms with Gasteiger partial charge in [0.05, 0.1) is 25.4 Å². The van der Waals surface area contributed by atoms with E-state index >= 15 is 0 Å². The molecule has 1 fully saturated rings. The van der Waals surface area contributed by atoms with Crippen LogP contribution in [0.2, 0.25) is 0 Å². The molecule has 0 aliphatic carbocycles. The summed E-state index contributed by atoms with van der Waals surface area (Å²) in [6.45, 7) is 6.37. The van der Waals surface area contributed by atoms with Crippen LogP contribution in [0.15, 0.2) is 12.1 Å². The second-order valence-electron chi connectivity index (χ2n) is 5.46. The zero-order valence-electron chi connectivity index (χ0n) is 12.6. The van der Waals surface area contributed by atoms with E-state index in [1.165, 1.54) is 16.7 Å². The van der Waals surface area contributed by atoms with Gasteiger partial charge < -0.3 is 14.8 Å². The average Bonchev–Trinajstić information content (AvgIpc) is 2.81. The van der Waals surface area contributed by atoms with Gasteiger partial charge in [0.2, 0.25) is 0 Å². The Morgan fingerprint density at radius 2 is 2.05 bits per heavy atom. The average molecular weight is 263 g/mol. The number of benzene rings is 1. The minimum Gasteiger partial charge on any atom is -0.496 e. The molecule has 3 heteroatoms. The Hall–Kier alpha value is -1.06. The first-order valence-corrected chi connectivity index (χ1v) is 7.05. The van der Waals surface area contributed by atoms with Crippen molar-refractivity contribution < 1.29 is 9.47 Å². The smallest absolute Gasteiger partial charge is 0.126 e. The third kappa shape index (κ3) is 2.77. The van der Waals surface area contributed by atoms with Gasteiger partial charge in [-0.2, -0.15) is 0 Å². The van der Waals surface area contributed by atoms with E-state index in [9.17, 15) is 0 Å². The number of aryl methyl sites for hydroxylation is 1. The molecule has 3 unspecified atom stereocenters. The van der Waals surface area contributed by atoms with Crippen molar-refractivity contribution in [3.63, 3.8) is 0 Å². The van der Waals surface area contributed by atoms with Crippen LogP contribution < -0.4 is 10.1 Å². The molecule has 2 rings (SSSR count). The number of likely N-dealkylation sites (N-methyl/N-ethyl adjacent to an activating group) is 1. The predicted octanol–water partition coefficient (Wildman–Crippen LogP) is 3.14. The van der Waals surface area contributed by atoms with Crippen molar-refractivity contribution in [2.45, 2.75) is 51.9 Å². The number of nitrogens with one attached hydrogen (secondary N) is 1. The monoisotopic (exact) mass is 263 g/mol. The van der Waals surface area contributed by atoms with Gasteiger partial charge in [0, 0.05) is 5.56 Å². The summed E-state index contributed by atoms with van der Waals surface area (Å²) in [5.41, 5.74) is 3.68. The van der Waals surface area contributed by atoms with E-state index in [1.807, 2.05) is 7.05 Å². The number of ether oxygens (including phenoxy) is 2. The van der Waals surface area contributed by atoms with E-state index in [0.717, 1.165) is 18.6 Å². The Kier molecular flexibility index (Phi) is 4.48. The maximum Gasteiger partial charge on any atom is 0.126 e. The van der Waals surface area contributed by atoms with Crippen LogP contribution in [-0.2, 0) is 4.74 Å². The molecule has 106 valence electrons. The molecule has 1 heterocycles. The van der Waals surface area contributed by atoms with Crippen molar-refractivity contribution in [3.8, 4) is 5.75 Å². The normalized spacial score (nSPS) is 24.5. The SMILES string of the molecule is CNC(c1ccc(C)c(C)c1OC)C1CCC(C)O1. The van der Waals surface area contributed by atoms with Gasteiger partial charge in [-0.05, 0) is 51.8 Å². The standard InChI is InChI=1S/C16H25NO2/c1-10-6-8-13(16(18-5)12(10)3)15(17-4)14-9-7-11(2)19-14/h6,8,11,14-15,17H,7,9H2,1-5H3. The van der Waals surface area contributed by atoms with Gasteiger partial charge in [-0.25, -0.2) is 0 Å². The molecule has 1 N–H and O–H groups in total. The van der Waals surface area contributed by atoms with E-state index in [2.05, 4.69) is 38.2 Å². The zero-order valence-corrected chi connectivity index (χ0v) is 12.6. The lowest BCUT2D eigenvalue weighted by Gasteiger charge is -2.26. The molecule has 0 aromatic heterocycles. The van der Waals surface area contributed by atoms with Crippen molar-refractivity contribution in [2.24, 2.45) is 0 Å². The zero-order chi connectivity index (χ0) is 14.0. The van der Waals surface area contributed by atoms with Gasteiger partial charge in [-0.15, -0.1) is 0 Å². The summed E-state index contributed by atoms with van der Waals surface area (Å²) in [6, 6.07) is 4.52. The molecule has 0 bridgehead atoms. The van der Waals surface area contributed by atoms with E-state index in [4.69, 9.17) is 9.47 Å². The van der Waals surface area contributed by atoms with Crippen molar-refractivity contribution in [2.75, 3.05) is 14.2 Å². The highest BCUT2D eigenvalue weighted by atomic mass is 16.5. The van der Waals surface area contributed by atoms with Crippen molar-refractivity contribution in [3.05, 3.63) is 28.8 Å². The van der Waals surface area contributed by atoms with Crippen LogP contribution in [0.1, 0.15) is 42.5 Å². The van der Waals surface area contributed by atoms with E-state index in [1.54, 1.807) is 7.11 Å². The van der Waals surface area contributed by atoms with Crippen LogP contribution in [0.25, 0.3) is 0 Å². The minimum atomic E-state index is 0.194. The first kappa shape index (κ1) is 14.4. The van der Waals surface area contributed by atoms with Crippen LogP contribution in [0.4, 0.5) is 0 Å². The Balaban J connectivity index is 2.35. The highest BCUT2D eigenvalue weighted by Gasteiger charge is 2.31. The Bertz CT molecular complexity index is 445. The molecular formula is C16H25NO2. The molecule has 1 aliphatic heterocycles. The highest BCUT2D eigenvalue weighted by molar-refractivity contribution is 5.47. The quantitative estimate of drug-likeness (QED) is 0.905. The van der Waals surface area contributed by atoms with Gasteiger partial charge >= 0.3 is 0 Å². The lowest BCUT2D eigenvalue weighted by Crippen LogP contribution is -2.30. The number of hydrogen-bond acceptors (Lipinski definition) is 3. The molecule has 0 amide bonds. The minimum absolute atomic E-state index is 0.194. The van der Waals surface area contributed by atoms with Crippen LogP contribution in [0, 0.1) is 13.8 Å². The molecule has 1 saturated heterocycles. The Labute approximate surface area is 116 Å². The Morgan fingerprint density at radius 3 is 2.58 bits per heavy atom. The van der Waals surface area contributed by atoms with Crippen molar-refractivity contribution in [1.29, 1.82) is 0 Å². The molecule has 19 heavy (non-hydrogen) atoms. The fraction of sp³-hybridized carbons (Fsp3) is 0.625. The van der Waals surface area contributed by atoms with Crippen molar-refractivity contribution in [1.82, 2.24) is 5.32 Å². The molecule has 0 saturated carbocycles. The van der Waals surface area contributed by atoms with Gasteiger partial charge in [0.1, 0.15) is 5.75 Å². The lowest BCUT2D eigenvalue weighted by molar-refractivity contribution is 0.0328. The van der Waals surface area contributed by atoms with Gasteiger partial charge in [-0.3, -0.25) is 0 Å². The second-order valence-corrected chi connectivity index (χ2v) is 5.46. The molecule has 1 aliphatic rings. The highest BCUT2D eigenvalue weighted by Crippen LogP contribution is 2.36. The number of hydrogen-bond donors (Lipinski definition) is 1. The van der Waals surface area contributed by atoms with Crippen LogP contribution in [-0.4, -0.2) is 26.4 Å². The van der Waals surface area contributed by atoms with E-state index in [0.29, 0.717) is 6.10 Å². The van der Waals surface area contributed by atoms with Crippen LogP contribution >= 0.6 is 0 Å². The summed E-state index contributed by atoms with van der Waals surface area (Å²) in [5.74, 6) is 0.988. The summed E-state index contributed by atoms with van der Waals surface area (Å²) in [4.78, 5) is 0. The third-order valence-corrected chi connectivity index (χ3v) is 4.19.